The maximum Gasteiger partial charge on any atom is 0.0408 e. The highest BCUT2D eigenvalue weighted by Gasteiger charge is 2.21. The minimum atomic E-state index is 0.298. The van der Waals surface area contributed by atoms with Crippen molar-refractivity contribution >= 4 is 11.6 Å². The van der Waals surface area contributed by atoms with Crippen molar-refractivity contribution in [1.82, 2.24) is 5.32 Å². The first-order valence-electron chi connectivity index (χ1n) is 6.41. The molecule has 1 N–H and O–H groups in total. The molecule has 0 spiro atoms. The van der Waals surface area contributed by atoms with E-state index >= 15 is 0 Å². The number of benzene rings is 1. The van der Waals surface area contributed by atoms with Gasteiger partial charge in [0.05, 0.1) is 0 Å². The number of hydrogen-bond donors (Lipinski definition) is 1. The van der Waals surface area contributed by atoms with Crippen LogP contribution in [0, 0.1) is 5.41 Å². The smallest absolute Gasteiger partial charge is 0.0408 e. The van der Waals surface area contributed by atoms with Crippen LogP contribution in [0.4, 0.5) is 0 Å². The van der Waals surface area contributed by atoms with Crippen LogP contribution in [-0.2, 0) is 6.42 Å². The van der Waals surface area contributed by atoms with E-state index in [1.165, 1.54) is 12.0 Å². The molecule has 1 atom stereocenters. The summed E-state index contributed by atoms with van der Waals surface area (Å²) in [6.07, 6.45) is 2.25. The van der Waals surface area contributed by atoms with Gasteiger partial charge in [0.25, 0.3) is 0 Å². The molecule has 0 saturated carbocycles. The SMILES string of the molecule is CCNC(C)CC(C)(C)Cc1cccc(Cl)c1. The van der Waals surface area contributed by atoms with Crippen molar-refractivity contribution in [3.05, 3.63) is 34.9 Å². The van der Waals surface area contributed by atoms with Crippen molar-refractivity contribution in [3.8, 4) is 0 Å². The van der Waals surface area contributed by atoms with Gasteiger partial charge in [0.1, 0.15) is 0 Å². The molecular formula is C15H24ClN. The van der Waals surface area contributed by atoms with Crippen LogP contribution in [0.25, 0.3) is 0 Å². The molecule has 0 aliphatic rings. The van der Waals surface area contributed by atoms with Gasteiger partial charge in [-0.1, -0.05) is 44.5 Å². The third-order valence-corrected chi connectivity index (χ3v) is 3.22. The normalized spacial score (nSPS) is 13.7. The lowest BCUT2D eigenvalue weighted by Crippen LogP contribution is -2.32. The van der Waals surface area contributed by atoms with Crippen LogP contribution in [-0.4, -0.2) is 12.6 Å². The van der Waals surface area contributed by atoms with Gasteiger partial charge in [-0.05, 0) is 49.4 Å². The fourth-order valence-corrected chi connectivity index (χ4v) is 2.73. The molecule has 1 unspecified atom stereocenters. The standard InChI is InChI=1S/C15H24ClN/c1-5-17-12(2)10-15(3,4)11-13-7-6-8-14(16)9-13/h6-9,12,17H,5,10-11H2,1-4H3. The summed E-state index contributed by atoms with van der Waals surface area (Å²) in [6, 6.07) is 8.75. The second-order valence-corrected chi connectivity index (χ2v) is 6.07. The lowest BCUT2D eigenvalue weighted by molar-refractivity contribution is 0.289. The van der Waals surface area contributed by atoms with Crippen molar-refractivity contribution < 1.29 is 0 Å². The van der Waals surface area contributed by atoms with Crippen LogP contribution in [0.1, 0.15) is 39.7 Å². The lowest BCUT2D eigenvalue weighted by atomic mass is 9.80. The maximum absolute atomic E-state index is 6.02. The Morgan fingerprint density at radius 1 is 1.35 bits per heavy atom. The first-order valence-corrected chi connectivity index (χ1v) is 6.78. The number of halogens is 1. The van der Waals surface area contributed by atoms with Gasteiger partial charge in [0, 0.05) is 11.1 Å². The minimum absolute atomic E-state index is 0.298. The summed E-state index contributed by atoms with van der Waals surface area (Å²) in [4.78, 5) is 0. The highest BCUT2D eigenvalue weighted by molar-refractivity contribution is 6.30. The predicted octanol–water partition coefficient (Wildman–Crippen LogP) is 4.30. The fourth-order valence-electron chi connectivity index (χ4n) is 2.52. The zero-order valence-corrected chi connectivity index (χ0v) is 12.1. The second-order valence-electron chi connectivity index (χ2n) is 5.63. The van der Waals surface area contributed by atoms with Crippen LogP contribution in [0.2, 0.25) is 5.02 Å². The van der Waals surface area contributed by atoms with Crippen molar-refractivity contribution in [2.75, 3.05) is 6.54 Å². The van der Waals surface area contributed by atoms with E-state index in [9.17, 15) is 0 Å². The summed E-state index contributed by atoms with van der Waals surface area (Å²) in [6.45, 7) is 10.1. The Bertz CT molecular complexity index is 347. The number of hydrogen-bond acceptors (Lipinski definition) is 1. The highest BCUT2D eigenvalue weighted by Crippen LogP contribution is 2.28. The largest absolute Gasteiger partial charge is 0.315 e. The van der Waals surface area contributed by atoms with Gasteiger partial charge >= 0.3 is 0 Å². The minimum Gasteiger partial charge on any atom is -0.315 e. The monoisotopic (exact) mass is 253 g/mol. The molecule has 2 heteroatoms. The molecule has 0 amide bonds. The summed E-state index contributed by atoms with van der Waals surface area (Å²) in [5, 5.41) is 4.30. The first kappa shape index (κ1) is 14.5. The fraction of sp³-hybridized carbons (Fsp3) is 0.600. The van der Waals surface area contributed by atoms with Crippen LogP contribution in [0.3, 0.4) is 0 Å². The van der Waals surface area contributed by atoms with Gasteiger partial charge in [-0.2, -0.15) is 0 Å². The van der Waals surface area contributed by atoms with E-state index in [1.807, 2.05) is 12.1 Å². The summed E-state index contributed by atoms with van der Waals surface area (Å²) >= 11 is 6.02. The third-order valence-electron chi connectivity index (χ3n) is 2.98. The molecule has 1 aromatic carbocycles. The average Bonchev–Trinajstić information content (AvgIpc) is 2.15. The molecule has 0 bridgehead atoms. The lowest BCUT2D eigenvalue weighted by Gasteiger charge is -2.28. The quantitative estimate of drug-likeness (QED) is 0.797. The van der Waals surface area contributed by atoms with Gasteiger partial charge in [0.15, 0.2) is 0 Å². The van der Waals surface area contributed by atoms with E-state index in [1.54, 1.807) is 0 Å². The molecule has 0 heterocycles. The van der Waals surface area contributed by atoms with Gasteiger partial charge in [-0.25, -0.2) is 0 Å². The molecule has 0 aliphatic heterocycles. The molecule has 1 nitrogen and oxygen atoms in total. The topological polar surface area (TPSA) is 12.0 Å². The zero-order valence-electron chi connectivity index (χ0n) is 11.4. The summed E-state index contributed by atoms with van der Waals surface area (Å²) < 4.78 is 0. The van der Waals surface area contributed by atoms with Crippen LogP contribution < -0.4 is 5.32 Å². The molecule has 1 rings (SSSR count). The molecule has 1 aromatic rings. The van der Waals surface area contributed by atoms with Crippen molar-refractivity contribution in [3.63, 3.8) is 0 Å². The van der Waals surface area contributed by atoms with Crippen molar-refractivity contribution in [1.29, 1.82) is 0 Å². The molecular weight excluding hydrogens is 230 g/mol. The van der Waals surface area contributed by atoms with Crippen LogP contribution in [0.5, 0.6) is 0 Å². The molecule has 0 fully saturated rings. The molecule has 17 heavy (non-hydrogen) atoms. The number of nitrogens with one attached hydrogen (secondary N) is 1. The predicted molar refractivity (Wildman–Crippen MR) is 76.7 cm³/mol. The van der Waals surface area contributed by atoms with E-state index in [4.69, 9.17) is 11.6 Å². The Hall–Kier alpha value is -0.530. The zero-order chi connectivity index (χ0) is 12.9. The molecule has 0 aromatic heterocycles. The van der Waals surface area contributed by atoms with Crippen LogP contribution >= 0.6 is 11.6 Å². The van der Waals surface area contributed by atoms with E-state index in [-0.39, 0.29) is 0 Å². The Labute approximate surface area is 111 Å². The number of rotatable bonds is 6. The van der Waals surface area contributed by atoms with E-state index in [0.29, 0.717) is 11.5 Å². The Morgan fingerprint density at radius 3 is 2.65 bits per heavy atom. The molecule has 0 saturated heterocycles. The van der Waals surface area contributed by atoms with E-state index < -0.39 is 0 Å². The van der Waals surface area contributed by atoms with Crippen molar-refractivity contribution in [2.45, 2.75) is 46.6 Å². The van der Waals surface area contributed by atoms with E-state index in [2.05, 4.69) is 45.1 Å². The Morgan fingerprint density at radius 2 is 2.06 bits per heavy atom. The molecule has 96 valence electrons. The van der Waals surface area contributed by atoms with Crippen LogP contribution in [0.15, 0.2) is 24.3 Å². The van der Waals surface area contributed by atoms with Gasteiger partial charge < -0.3 is 5.32 Å². The highest BCUT2D eigenvalue weighted by atomic mass is 35.5. The third kappa shape index (κ3) is 5.56. The Balaban J connectivity index is 2.59. The second kappa shape index (κ2) is 6.42. The average molecular weight is 254 g/mol. The van der Waals surface area contributed by atoms with Gasteiger partial charge in [0.2, 0.25) is 0 Å². The van der Waals surface area contributed by atoms with Crippen molar-refractivity contribution in [2.24, 2.45) is 5.41 Å². The summed E-state index contributed by atoms with van der Waals surface area (Å²) in [7, 11) is 0. The first-order chi connectivity index (χ1) is 7.93. The summed E-state index contributed by atoms with van der Waals surface area (Å²) in [5.74, 6) is 0. The summed E-state index contributed by atoms with van der Waals surface area (Å²) in [5.41, 5.74) is 1.62. The molecule has 0 aliphatic carbocycles. The molecule has 0 radical (unpaired) electrons. The Kier molecular flexibility index (Phi) is 5.48. The van der Waals surface area contributed by atoms with Gasteiger partial charge in [-0.15, -0.1) is 0 Å². The van der Waals surface area contributed by atoms with Gasteiger partial charge in [-0.3, -0.25) is 0 Å². The maximum atomic E-state index is 6.02. The van der Waals surface area contributed by atoms with E-state index in [0.717, 1.165) is 18.0 Å².